The number of rotatable bonds is 4. The second-order valence-corrected chi connectivity index (χ2v) is 7.85. The van der Waals surface area contributed by atoms with Gasteiger partial charge in [-0.3, -0.25) is 4.90 Å². The molecule has 2 aromatic rings. The zero-order valence-electron chi connectivity index (χ0n) is 15.9. The summed E-state index contributed by atoms with van der Waals surface area (Å²) in [5.74, 6) is 1.06. The van der Waals surface area contributed by atoms with Crippen molar-refractivity contribution in [2.45, 2.75) is 44.9 Å². The van der Waals surface area contributed by atoms with Crippen LogP contribution in [-0.2, 0) is 19.5 Å². The van der Waals surface area contributed by atoms with Crippen molar-refractivity contribution in [2.24, 2.45) is 0 Å². The van der Waals surface area contributed by atoms with Crippen molar-refractivity contribution < 1.29 is 4.74 Å². The van der Waals surface area contributed by atoms with Gasteiger partial charge in [0.25, 0.3) is 0 Å². The highest BCUT2D eigenvalue weighted by atomic mass is 16.5. The molecule has 3 heteroatoms. The van der Waals surface area contributed by atoms with Gasteiger partial charge in [0, 0.05) is 26.2 Å². The van der Waals surface area contributed by atoms with E-state index < -0.39 is 0 Å². The van der Waals surface area contributed by atoms with Crippen LogP contribution in [0, 0.1) is 0 Å². The predicted octanol–water partition coefficient (Wildman–Crippen LogP) is 4.11. The Morgan fingerprint density at radius 1 is 0.962 bits per heavy atom. The Hall–Kier alpha value is -1.84. The van der Waals surface area contributed by atoms with E-state index in [2.05, 4.69) is 65.4 Å². The molecule has 1 unspecified atom stereocenters. The summed E-state index contributed by atoms with van der Waals surface area (Å²) < 4.78 is 6.36. The summed E-state index contributed by atoms with van der Waals surface area (Å²) >= 11 is 0. The van der Waals surface area contributed by atoms with Crippen molar-refractivity contribution in [2.75, 3.05) is 26.7 Å². The number of likely N-dealkylation sites (tertiary alicyclic amines) is 1. The summed E-state index contributed by atoms with van der Waals surface area (Å²) in [5.41, 5.74) is 4.32. The smallest absolute Gasteiger partial charge is 0.120 e. The molecule has 0 amide bonds. The fourth-order valence-corrected chi connectivity index (χ4v) is 4.16. The maximum absolute atomic E-state index is 6.36. The second kappa shape index (κ2) is 8.24. The van der Waals surface area contributed by atoms with Crippen molar-refractivity contribution in [1.82, 2.24) is 9.80 Å². The van der Waals surface area contributed by atoms with Crippen LogP contribution in [0.15, 0.2) is 48.5 Å². The van der Waals surface area contributed by atoms with Crippen molar-refractivity contribution >= 4 is 0 Å². The lowest BCUT2D eigenvalue weighted by atomic mass is 9.99. The number of fused-ring (bicyclic) bond motifs is 1. The third-order valence-electron chi connectivity index (χ3n) is 5.72. The lowest BCUT2D eigenvalue weighted by Crippen LogP contribution is -2.30. The van der Waals surface area contributed by atoms with E-state index in [0.29, 0.717) is 6.10 Å². The van der Waals surface area contributed by atoms with E-state index in [1.807, 2.05) is 0 Å². The summed E-state index contributed by atoms with van der Waals surface area (Å²) in [4.78, 5) is 4.96. The van der Waals surface area contributed by atoms with Gasteiger partial charge in [-0.25, -0.2) is 0 Å². The Labute approximate surface area is 157 Å². The lowest BCUT2D eigenvalue weighted by molar-refractivity contribution is 0.182. The zero-order valence-corrected chi connectivity index (χ0v) is 15.9. The Morgan fingerprint density at radius 3 is 2.73 bits per heavy atom. The molecule has 1 saturated heterocycles. The van der Waals surface area contributed by atoms with E-state index in [1.165, 1.54) is 36.1 Å². The molecule has 0 radical (unpaired) electrons. The maximum Gasteiger partial charge on any atom is 0.120 e. The quantitative estimate of drug-likeness (QED) is 0.825. The Morgan fingerprint density at radius 2 is 1.85 bits per heavy atom. The zero-order chi connectivity index (χ0) is 17.8. The molecule has 0 bridgehead atoms. The van der Waals surface area contributed by atoms with Gasteiger partial charge in [-0.15, -0.1) is 0 Å². The first kappa shape index (κ1) is 17.6. The van der Waals surface area contributed by atoms with Crippen molar-refractivity contribution in [3.05, 3.63) is 65.2 Å². The van der Waals surface area contributed by atoms with Crippen molar-refractivity contribution in [1.29, 1.82) is 0 Å². The summed E-state index contributed by atoms with van der Waals surface area (Å²) in [6.07, 6.45) is 5.03. The lowest BCUT2D eigenvalue weighted by Gasteiger charge is -2.29. The fraction of sp³-hybridized carbons (Fsp3) is 0.478. The van der Waals surface area contributed by atoms with Crippen LogP contribution >= 0.6 is 0 Å². The molecule has 0 N–H and O–H groups in total. The standard InChI is InChI=1S/C23H30N2O/c1-24-13-5-8-22(12-14-24)26-23-10-9-20-11-15-25(18-21(20)16-23)17-19-6-3-2-4-7-19/h2-4,6-7,9-10,16,22H,5,8,11-15,17-18H2,1H3. The van der Waals surface area contributed by atoms with Crippen LogP contribution < -0.4 is 4.74 Å². The average molecular weight is 351 g/mol. The van der Waals surface area contributed by atoms with E-state index in [1.54, 1.807) is 0 Å². The summed E-state index contributed by atoms with van der Waals surface area (Å²) in [6.45, 7) is 5.52. The number of ether oxygens (including phenoxy) is 1. The van der Waals surface area contributed by atoms with Gasteiger partial charge in [-0.2, -0.15) is 0 Å². The highest BCUT2D eigenvalue weighted by Crippen LogP contribution is 2.27. The minimum absolute atomic E-state index is 0.363. The van der Waals surface area contributed by atoms with Gasteiger partial charge in [0.1, 0.15) is 5.75 Å². The van der Waals surface area contributed by atoms with Crippen LogP contribution in [0.3, 0.4) is 0 Å². The Bertz CT molecular complexity index is 715. The third-order valence-corrected chi connectivity index (χ3v) is 5.72. The van der Waals surface area contributed by atoms with Gasteiger partial charge in [0.05, 0.1) is 6.10 Å². The summed E-state index contributed by atoms with van der Waals surface area (Å²) in [6, 6.07) is 17.5. The van der Waals surface area contributed by atoms with Crippen molar-refractivity contribution in [3.63, 3.8) is 0 Å². The van der Waals surface area contributed by atoms with Gasteiger partial charge in [0.2, 0.25) is 0 Å². The molecule has 1 fully saturated rings. The van der Waals surface area contributed by atoms with E-state index in [4.69, 9.17) is 4.74 Å². The van der Waals surface area contributed by atoms with Gasteiger partial charge < -0.3 is 9.64 Å². The van der Waals surface area contributed by atoms with E-state index in [0.717, 1.165) is 44.8 Å². The van der Waals surface area contributed by atoms with Crippen LogP contribution in [0.1, 0.15) is 36.0 Å². The highest BCUT2D eigenvalue weighted by molar-refractivity contribution is 5.37. The monoisotopic (exact) mass is 350 g/mol. The SMILES string of the molecule is CN1CCCC(Oc2ccc3c(c2)CN(Cc2ccccc2)CC3)CC1. The molecule has 2 aliphatic rings. The minimum atomic E-state index is 0.363. The van der Waals surface area contributed by atoms with Gasteiger partial charge in [0.15, 0.2) is 0 Å². The highest BCUT2D eigenvalue weighted by Gasteiger charge is 2.19. The maximum atomic E-state index is 6.36. The van der Waals surface area contributed by atoms with E-state index in [-0.39, 0.29) is 0 Å². The van der Waals surface area contributed by atoms with Crippen LogP contribution in [0.4, 0.5) is 0 Å². The average Bonchev–Trinajstić information content (AvgIpc) is 2.86. The molecule has 2 aromatic carbocycles. The molecule has 26 heavy (non-hydrogen) atoms. The van der Waals surface area contributed by atoms with Crippen molar-refractivity contribution in [3.8, 4) is 5.75 Å². The molecule has 0 aromatic heterocycles. The number of benzene rings is 2. The largest absolute Gasteiger partial charge is 0.490 e. The normalized spacial score (nSPS) is 21.8. The molecular weight excluding hydrogens is 320 g/mol. The molecule has 4 rings (SSSR count). The minimum Gasteiger partial charge on any atom is -0.490 e. The van der Waals surface area contributed by atoms with Gasteiger partial charge >= 0.3 is 0 Å². The molecule has 1 atom stereocenters. The molecular formula is C23H30N2O. The molecule has 0 saturated carbocycles. The van der Waals surface area contributed by atoms with Crippen LogP contribution in [0.25, 0.3) is 0 Å². The fourth-order valence-electron chi connectivity index (χ4n) is 4.16. The van der Waals surface area contributed by atoms with Gasteiger partial charge in [-0.1, -0.05) is 36.4 Å². The number of hydrogen-bond donors (Lipinski definition) is 0. The molecule has 0 spiro atoms. The first-order chi connectivity index (χ1) is 12.8. The predicted molar refractivity (Wildman–Crippen MR) is 106 cm³/mol. The van der Waals surface area contributed by atoms with E-state index >= 15 is 0 Å². The van der Waals surface area contributed by atoms with Crippen LogP contribution in [-0.4, -0.2) is 42.6 Å². The molecule has 3 nitrogen and oxygen atoms in total. The van der Waals surface area contributed by atoms with Crippen LogP contribution in [0.5, 0.6) is 5.75 Å². The summed E-state index contributed by atoms with van der Waals surface area (Å²) in [7, 11) is 2.21. The summed E-state index contributed by atoms with van der Waals surface area (Å²) in [5, 5.41) is 0. The Kier molecular flexibility index (Phi) is 5.57. The topological polar surface area (TPSA) is 15.7 Å². The first-order valence-electron chi connectivity index (χ1n) is 9.99. The number of hydrogen-bond acceptors (Lipinski definition) is 3. The first-order valence-corrected chi connectivity index (χ1v) is 9.99. The molecule has 2 aliphatic heterocycles. The molecule has 138 valence electrons. The molecule has 0 aliphatic carbocycles. The van der Waals surface area contributed by atoms with Gasteiger partial charge in [-0.05, 0) is 68.1 Å². The molecule has 2 heterocycles. The second-order valence-electron chi connectivity index (χ2n) is 7.85. The number of nitrogens with zero attached hydrogens (tertiary/aromatic N) is 2. The van der Waals surface area contributed by atoms with Crippen LogP contribution in [0.2, 0.25) is 0 Å². The third kappa shape index (κ3) is 4.46. The Balaban J connectivity index is 1.40. The van der Waals surface area contributed by atoms with E-state index in [9.17, 15) is 0 Å².